The van der Waals surface area contributed by atoms with E-state index in [1.54, 1.807) is 11.3 Å². The summed E-state index contributed by atoms with van der Waals surface area (Å²) in [6.45, 7) is 5.21. The first-order chi connectivity index (χ1) is 6.08. The Morgan fingerprint density at radius 2 is 2.31 bits per heavy atom. The second kappa shape index (κ2) is 5.01. The van der Waals surface area contributed by atoms with E-state index in [4.69, 9.17) is 23.2 Å². The number of thiophene rings is 1. The normalized spacial score (nSPS) is 10.8. The van der Waals surface area contributed by atoms with E-state index in [-0.39, 0.29) is 0 Å². The number of hydrogen-bond donors (Lipinski definition) is 0. The number of nitrogens with zero attached hydrogens (tertiary/aromatic N) is 1. The van der Waals surface area contributed by atoms with Gasteiger partial charge in [-0.2, -0.15) is 0 Å². The molecule has 0 saturated heterocycles. The third-order valence-corrected chi connectivity index (χ3v) is 2.83. The Hall–Kier alpha value is -0.0200. The molecule has 0 fully saturated rings. The van der Waals surface area contributed by atoms with Crippen LogP contribution in [0.4, 0.5) is 0 Å². The van der Waals surface area contributed by atoms with Gasteiger partial charge >= 0.3 is 0 Å². The van der Waals surface area contributed by atoms with E-state index < -0.39 is 0 Å². The molecule has 4 heteroatoms. The molecule has 72 valence electrons. The molecule has 0 saturated carbocycles. The van der Waals surface area contributed by atoms with Crippen LogP contribution in [-0.4, -0.2) is 18.5 Å². The molecule has 0 bridgehead atoms. The summed E-state index contributed by atoms with van der Waals surface area (Å²) in [5, 5.41) is 0.658. The summed E-state index contributed by atoms with van der Waals surface area (Å²) in [5.41, 5.74) is 0. The zero-order valence-corrected chi connectivity index (χ0v) is 9.72. The van der Waals surface area contributed by atoms with Gasteiger partial charge in [0.25, 0.3) is 0 Å². The van der Waals surface area contributed by atoms with Gasteiger partial charge in [0.1, 0.15) is 0 Å². The highest BCUT2D eigenvalue weighted by molar-refractivity contribution is 7.16. The smallest absolute Gasteiger partial charge is 0.0931 e. The average molecular weight is 236 g/mol. The summed E-state index contributed by atoms with van der Waals surface area (Å²) in [4.78, 5) is 3.34. The number of halogens is 2. The molecule has 0 spiro atoms. The predicted octanol–water partition coefficient (Wildman–Crippen LogP) is 3.59. The Morgan fingerprint density at radius 1 is 1.62 bits per heavy atom. The van der Waals surface area contributed by atoms with Gasteiger partial charge in [0.05, 0.1) is 4.34 Å². The van der Waals surface area contributed by atoms with Crippen molar-refractivity contribution in [2.75, 3.05) is 13.6 Å². The van der Waals surface area contributed by atoms with E-state index in [2.05, 4.69) is 11.5 Å². The van der Waals surface area contributed by atoms with Gasteiger partial charge in [0.2, 0.25) is 0 Å². The summed E-state index contributed by atoms with van der Waals surface area (Å²) in [6, 6.07) is 3.94. The van der Waals surface area contributed by atoms with Crippen LogP contribution in [-0.2, 0) is 6.54 Å². The van der Waals surface area contributed by atoms with Gasteiger partial charge in [-0.3, -0.25) is 4.90 Å². The maximum absolute atomic E-state index is 5.81. The minimum atomic E-state index is 0.658. The Balaban J connectivity index is 2.44. The molecular weight excluding hydrogens is 225 g/mol. The first kappa shape index (κ1) is 11.1. The average Bonchev–Trinajstić information content (AvgIpc) is 2.33. The molecule has 1 aromatic heterocycles. The lowest BCUT2D eigenvalue weighted by Gasteiger charge is -2.13. The zero-order chi connectivity index (χ0) is 9.84. The van der Waals surface area contributed by atoms with Crippen LogP contribution in [0.3, 0.4) is 0 Å². The maximum atomic E-state index is 5.81. The van der Waals surface area contributed by atoms with E-state index >= 15 is 0 Å². The van der Waals surface area contributed by atoms with Crippen molar-refractivity contribution in [1.29, 1.82) is 0 Å². The quantitative estimate of drug-likeness (QED) is 0.772. The minimum absolute atomic E-state index is 0.658. The Labute approximate surface area is 92.6 Å². The van der Waals surface area contributed by atoms with Crippen LogP contribution in [0.15, 0.2) is 23.7 Å². The molecule has 0 unspecified atom stereocenters. The van der Waals surface area contributed by atoms with Gasteiger partial charge in [0, 0.05) is 23.0 Å². The lowest BCUT2D eigenvalue weighted by Crippen LogP contribution is -2.18. The van der Waals surface area contributed by atoms with E-state index in [9.17, 15) is 0 Å². The van der Waals surface area contributed by atoms with Gasteiger partial charge in [-0.15, -0.1) is 11.3 Å². The summed E-state index contributed by atoms with van der Waals surface area (Å²) < 4.78 is 0.827. The molecular formula is C9H11Cl2NS. The fourth-order valence-corrected chi connectivity index (χ4v) is 2.42. The van der Waals surface area contributed by atoms with E-state index in [1.165, 1.54) is 4.88 Å². The van der Waals surface area contributed by atoms with Crippen LogP contribution < -0.4 is 0 Å². The van der Waals surface area contributed by atoms with Crippen LogP contribution in [0, 0.1) is 0 Å². The van der Waals surface area contributed by atoms with Crippen LogP contribution >= 0.6 is 34.5 Å². The van der Waals surface area contributed by atoms with Crippen molar-refractivity contribution in [2.24, 2.45) is 0 Å². The van der Waals surface area contributed by atoms with Crippen molar-refractivity contribution in [3.63, 3.8) is 0 Å². The largest absolute Gasteiger partial charge is 0.296 e. The predicted molar refractivity (Wildman–Crippen MR) is 60.7 cm³/mol. The Morgan fingerprint density at radius 3 is 2.77 bits per heavy atom. The second-order valence-corrected chi connectivity index (χ2v) is 5.23. The molecule has 0 atom stereocenters. The van der Waals surface area contributed by atoms with Gasteiger partial charge < -0.3 is 0 Å². The van der Waals surface area contributed by atoms with Gasteiger partial charge in [-0.1, -0.05) is 29.8 Å². The van der Waals surface area contributed by atoms with Crippen molar-refractivity contribution in [1.82, 2.24) is 4.90 Å². The van der Waals surface area contributed by atoms with Gasteiger partial charge in [-0.25, -0.2) is 0 Å². The van der Waals surface area contributed by atoms with Crippen molar-refractivity contribution in [3.05, 3.63) is 33.0 Å². The summed E-state index contributed by atoms with van der Waals surface area (Å²) in [5.74, 6) is 0. The topological polar surface area (TPSA) is 3.24 Å². The Bertz CT molecular complexity index is 296. The number of rotatable bonds is 4. The fraction of sp³-hybridized carbons (Fsp3) is 0.333. The summed E-state index contributed by atoms with van der Waals surface area (Å²) in [6.07, 6.45) is 0. The van der Waals surface area contributed by atoms with E-state index in [0.717, 1.165) is 10.9 Å². The van der Waals surface area contributed by atoms with Gasteiger partial charge in [-0.05, 0) is 19.2 Å². The number of hydrogen-bond acceptors (Lipinski definition) is 2. The molecule has 0 amide bonds. The van der Waals surface area contributed by atoms with E-state index in [1.807, 2.05) is 19.2 Å². The molecule has 1 aromatic rings. The first-order valence-corrected chi connectivity index (χ1v) is 5.41. The van der Waals surface area contributed by atoms with Crippen molar-refractivity contribution in [3.8, 4) is 0 Å². The summed E-state index contributed by atoms with van der Waals surface area (Å²) >= 11 is 13.1. The first-order valence-electron chi connectivity index (χ1n) is 3.84. The standard InChI is InChI=1S/C9H11Cl2NS/c1-7(10)5-12(2)6-8-3-4-9(11)13-8/h3-4H,1,5-6H2,2H3. The lowest BCUT2D eigenvalue weighted by atomic mass is 10.4. The van der Waals surface area contributed by atoms with Crippen molar-refractivity contribution >= 4 is 34.5 Å². The number of likely N-dealkylation sites (N-methyl/N-ethyl adjacent to an activating group) is 1. The molecule has 0 aliphatic carbocycles. The highest BCUT2D eigenvalue weighted by Gasteiger charge is 2.03. The molecule has 0 aromatic carbocycles. The van der Waals surface area contributed by atoms with E-state index in [0.29, 0.717) is 11.6 Å². The third-order valence-electron chi connectivity index (χ3n) is 1.50. The molecule has 0 aliphatic heterocycles. The highest BCUT2D eigenvalue weighted by atomic mass is 35.5. The molecule has 0 radical (unpaired) electrons. The minimum Gasteiger partial charge on any atom is -0.296 e. The van der Waals surface area contributed by atoms with Gasteiger partial charge in [0.15, 0.2) is 0 Å². The lowest BCUT2D eigenvalue weighted by molar-refractivity contribution is 0.364. The SMILES string of the molecule is C=C(Cl)CN(C)Cc1ccc(Cl)s1. The monoisotopic (exact) mass is 235 g/mol. The molecule has 1 heterocycles. The van der Waals surface area contributed by atoms with Crippen LogP contribution in [0.2, 0.25) is 4.34 Å². The fourth-order valence-electron chi connectivity index (χ4n) is 1.05. The molecule has 1 rings (SSSR count). The third kappa shape index (κ3) is 4.14. The van der Waals surface area contributed by atoms with Crippen LogP contribution in [0.25, 0.3) is 0 Å². The Kier molecular flexibility index (Phi) is 4.26. The highest BCUT2D eigenvalue weighted by Crippen LogP contribution is 2.22. The second-order valence-electron chi connectivity index (χ2n) is 2.90. The van der Waals surface area contributed by atoms with Crippen molar-refractivity contribution < 1.29 is 0 Å². The molecule has 0 aliphatic rings. The maximum Gasteiger partial charge on any atom is 0.0931 e. The zero-order valence-electron chi connectivity index (χ0n) is 7.39. The molecule has 1 nitrogen and oxygen atoms in total. The van der Waals surface area contributed by atoms with Crippen molar-refractivity contribution in [2.45, 2.75) is 6.54 Å². The van der Waals surface area contributed by atoms with Crippen LogP contribution in [0.5, 0.6) is 0 Å². The van der Waals surface area contributed by atoms with Crippen LogP contribution in [0.1, 0.15) is 4.88 Å². The molecule has 13 heavy (non-hydrogen) atoms. The summed E-state index contributed by atoms with van der Waals surface area (Å²) in [7, 11) is 2.00. The molecule has 0 N–H and O–H groups in total.